The first-order chi connectivity index (χ1) is 16.3. The zero-order chi connectivity index (χ0) is 24.0. The van der Waals surface area contributed by atoms with Gasteiger partial charge in [0.2, 0.25) is 5.91 Å². The van der Waals surface area contributed by atoms with Crippen molar-refractivity contribution in [3.8, 4) is 0 Å². The average Bonchev–Trinajstić information content (AvgIpc) is 3.09. The Bertz CT molecular complexity index is 1140. The van der Waals surface area contributed by atoms with E-state index in [0.29, 0.717) is 41.9 Å². The predicted molar refractivity (Wildman–Crippen MR) is 130 cm³/mol. The fourth-order valence-corrected chi connectivity index (χ4v) is 6.01. The summed E-state index contributed by atoms with van der Waals surface area (Å²) in [6.45, 7) is 5.84. The molecule has 0 bridgehead atoms. The Morgan fingerprint density at radius 3 is 2.53 bits per heavy atom. The lowest BCUT2D eigenvalue weighted by molar-refractivity contribution is -0.123. The quantitative estimate of drug-likeness (QED) is 0.513. The van der Waals surface area contributed by atoms with E-state index in [-0.39, 0.29) is 16.7 Å². The highest BCUT2D eigenvalue weighted by Crippen LogP contribution is 2.53. The number of nitrogens with one attached hydrogen (secondary N) is 2. The number of carbonyl (C=O) groups excluding carboxylic acids is 2. The van der Waals surface area contributed by atoms with Crippen molar-refractivity contribution in [2.45, 2.75) is 56.3 Å². The first-order valence-electron chi connectivity index (χ1n) is 12.0. The Morgan fingerprint density at radius 1 is 1.18 bits per heavy atom. The molecular formula is C26H29F2N3O2S. The van der Waals surface area contributed by atoms with E-state index in [0.717, 1.165) is 55.7 Å². The fourth-order valence-electron chi connectivity index (χ4n) is 5.38. The molecule has 3 aliphatic rings. The number of hydrogen-bond acceptors (Lipinski definition) is 4. The Hall–Kier alpha value is -2.61. The summed E-state index contributed by atoms with van der Waals surface area (Å²) < 4.78 is 30.5. The largest absolute Gasteiger partial charge is 0.339 e. The summed E-state index contributed by atoms with van der Waals surface area (Å²) in [5.41, 5.74) is 1.97. The summed E-state index contributed by atoms with van der Waals surface area (Å²) in [4.78, 5) is 28.7. The molecule has 0 unspecified atom stereocenters. The number of piperidine rings is 1. The lowest BCUT2D eigenvalue weighted by atomic mass is 9.65. The number of fused-ring (bicyclic) bond motifs is 2. The third kappa shape index (κ3) is 3.96. The second-order valence-corrected chi connectivity index (χ2v) is 10.8. The zero-order valence-corrected chi connectivity index (χ0v) is 20.2. The molecule has 2 aromatic rings. The number of amides is 2. The van der Waals surface area contributed by atoms with Crippen LogP contribution in [0, 0.1) is 23.5 Å². The van der Waals surface area contributed by atoms with Gasteiger partial charge < -0.3 is 14.9 Å². The molecular weight excluding hydrogens is 456 g/mol. The van der Waals surface area contributed by atoms with Crippen LogP contribution in [-0.2, 0) is 10.2 Å². The molecule has 5 nitrogen and oxygen atoms in total. The third-order valence-corrected chi connectivity index (χ3v) is 8.60. The number of anilines is 2. The van der Waals surface area contributed by atoms with E-state index in [9.17, 15) is 18.4 Å². The molecule has 0 atom stereocenters. The molecule has 1 spiro atoms. The van der Waals surface area contributed by atoms with E-state index < -0.39 is 17.0 Å². The van der Waals surface area contributed by atoms with Crippen molar-refractivity contribution in [2.75, 3.05) is 23.1 Å². The first kappa shape index (κ1) is 23.1. The second-order valence-electron chi connectivity index (χ2n) is 9.99. The molecule has 2 aromatic carbocycles. The van der Waals surface area contributed by atoms with Crippen LogP contribution in [-0.4, -0.2) is 29.8 Å². The van der Waals surface area contributed by atoms with Crippen LogP contribution in [0.25, 0.3) is 0 Å². The minimum Gasteiger partial charge on any atom is -0.339 e. The highest BCUT2D eigenvalue weighted by Gasteiger charge is 2.52. The van der Waals surface area contributed by atoms with Crippen molar-refractivity contribution in [3.05, 3.63) is 53.1 Å². The van der Waals surface area contributed by atoms with Gasteiger partial charge in [0.1, 0.15) is 11.6 Å². The Morgan fingerprint density at radius 2 is 1.91 bits per heavy atom. The van der Waals surface area contributed by atoms with Crippen molar-refractivity contribution >= 4 is 35.1 Å². The van der Waals surface area contributed by atoms with Gasteiger partial charge in [-0.25, -0.2) is 8.78 Å². The normalized spacial score (nSPS) is 19.2. The standard InChI is InChI=1S/C26H29F2N3O2S/c1-15(2)16-6-10-31(11-7-16)24(32)19-13-18(30-34-22-5-4-17(27)12-21(22)28)14-20-23(19)29-25(33)26(20)8-3-9-26/h4-5,12-16,30H,3,6-11H2,1-2H3,(H,29,33). The molecule has 2 fully saturated rings. The molecule has 180 valence electrons. The van der Waals surface area contributed by atoms with Gasteiger partial charge in [-0.3, -0.25) is 9.59 Å². The van der Waals surface area contributed by atoms with Crippen LogP contribution in [0.15, 0.2) is 35.2 Å². The van der Waals surface area contributed by atoms with Crippen LogP contribution >= 0.6 is 11.9 Å². The van der Waals surface area contributed by atoms with Crippen LogP contribution < -0.4 is 10.0 Å². The molecule has 1 aliphatic carbocycles. The van der Waals surface area contributed by atoms with E-state index in [2.05, 4.69) is 23.9 Å². The highest BCUT2D eigenvalue weighted by molar-refractivity contribution is 8.00. The summed E-state index contributed by atoms with van der Waals surface area (Å²) in [5, 5.41) is 3.00. The van der Waals surface area contributed by atoms with Crippen LogP contribution in [0.3, 0.4) is 0 Å². The summed E-state index contributed by atoms with van der Waals surface area (Å²) in [7, 11) is 0. The van der Waals surface area contributed by atoms with Gasteiger partial charge >= 0.3 is 0 Å². The summed E-state index contributed by atoms with van der Waals surface area (Å²) in [6.07, 6.45) is 4.41. The van der Waals surface area contributed by atoms with Gasteiger partial charge in [0.15, 0.2) is 0 Å². The van der Waals surface area contributed by atoms with Gasteiger partial charge in [-0.15, -0.1) is 0 Å². The molecule has 34 heavy (non-hydrogen) atoms. The van der Waals surface area contributed by atoms with Crippen LogP contribution in [0.5, 0.6) is 0 Å². The number of halogens is 2. The zero-order valence-electron chi connectivity index (χ0n) is 19.4. The summed E-state index contributed by atoms with van der Waals surface area (Å²) >= 11 is 1.02. The molecule has 1 saturated heterocycles. The van der Waals surface area contributed by atoms with Crippen LogP contribution in [0.2, 0.25) is 0 Å². The maximum Gasteiger partial charge on any atom is 0.256 e. The maximum atomic E-state index is 14.1. The van der Waals surface area contributed by atoms with Crippen LogP contribution in [0.4, 0.5) is 20.2 Å². The monoisotopic (exact) mass is 485 g/mol. The minimum atomic E-state index is -0.657. The fraction of sp³-hybridized carbons (Fsp3) is 0.462. The van der Waals surface area contributed by atoms with Crippen molar-refractivity contribution in [1.82, 2.24) is 4.90 Å². The van der Waals surface area contributed by atoms with Gasteiger partial charge in [-0.2, -0.15) is 0 Å². The average molecular weight is 486 g/mol. The van der Waals surface area contributed by atoms with Gasteiger partial charge in [-0.05, 0) is 79.3 Å². The number of nitrogens with zero attached hydrogens (tertiary/aromatic N) is 1. The van der Waals surface area contributed by atoms with Gasteiger partial charge in [0.25, 0.3) is 5.91 Å². The molecule has 1 saturated carbocycles. The number of hydrogen-bond donors (Lipinski definition) is 2. The highest BCUT2D eigenvalue weighted by atomic mass is 32.2. The van der Waals surface area contributed by atoms with Gasteiger partial charge in [0, 0.05) is 24.8 Å². The molecule has 2 aliphatic heterocycles. The second kappa shape index (κ2) is 8.87. The summed E-state index contributed by atoms with van der Waals surface area (Å²) in [5.74, 6) is -0.217. The van der Waals surface area contributed by atoms with E-state index in [1.807, 2.05) is 11.0 Å². The predicted octanol–water partition coefficient (Wildman–Crippen LogP) is 5.97. The van der Waals surface area contributed by atoms with E-state index in [1.165, 1.54) is 12.1 Å². The third-order valence-electron chi connectivity index (χ3n) is 7.71. The van der Waals surface area contributed by atoms with E-state index in [4.69, 9.17) is 0 Å². The Labute approximate surface area is 202 Å². The minimum absolute atomic E-state index is 0.0456. The number of likely N-dealkylation sites (tertiary alicyclic amines) is 1. The number of carbonyl (C=O) groups is 2. The molecule has 2 heterocycles. The van der Waals surface area contributed by atoms with Crippen molar-refractivity contribution in [2.24, 2.45) is 11.8 Å². The Balaban J connectivity index is 1.45. The Kier molecular flexibility index (Phi) is 6.04. The maximum absolute atomic E-state index is 14.1. The number of benzene rings is 2. The SMILES string of the molecule is CC(C)C1CCN(C(=O)c2cc(NSc3ccc(F)cc3F)cc3c2NC(=O)C32CCC2)CC1. The van der Waals surface area contributed by atoms with Gasteiger partial charge in [0.05, 0.1) is 21.6 Å². The van der Waals surface area contributed by atoms with E-state index in [1.54, 1.807) is 6.07 Å². The van der Waals surface area contributed by atoms with Crippen molar-refractivity contribution < 1.29 is 18.4 Å². The topological polar surface area (TPSA) is 61.4 Å². The lowest BCUT2D eigenvalue weighted by Gasteiger charge is -2.36. The first-order valence-corrected chi connectivity index (χ1v) is 12.8. The molecule has 2 amide bonds. The lowest BCUT2D eigenvalue weighted by Crippen LogP contribution is -2.40. The summed E-state index contributed by atoms with van der Waals surface area (Å²) in [6, 6.07) is 7.05. The number of rotatable bonds is 5. The molecule has 2 N–H and O–H groups in total. The molecule has 0 aromatic heterocycles. The van der Waals surface area contributed by atoms with E-state index >= 15 is 0 Å². The molecule has 0 radical (unpaired) electrons. The molecule has 5 rings (SSSR count). The van der Waals surface area contributed by atoms with Gasteiger partial charge in [-0.1, -0.05) is 20.3 Å². The smallest absolute Gasteiger partial charge is 0.256 e. The van der Waals surface area contributed by atoms with Crippen molar-refractivity contribution in [3.63, 3.8) is 0 Å². The van der Waals surface area contributed by atoms with Crippen molar-refractivity contribution in [1.29, 1.82) is 0 Å². The van der Waals surface area contributed by atoms with Crippen LogP contribution in [0.1, 0.15) is 61.9 Å². The molecule has 8 heteroatoms.